The second-order valence-corrected chi connectivity index (χ2v) is 4.48. The summed E-state index contributed by atoms with van der Waals surface area (Å²) in [5, 5.41) is 11.6. The van der Waals surface area contributed by atoms with E-state index in [9.17, 15) is 4.79 Å². The summed E-state index contributed by atoms with van der Waals surface area (Å²) in [6.45, 7) is 2.29. The second-order valence-electron chi connectivity index (χ2n) is 4.48. The molecule has 1 fully saturated rings. The van der Waals surface area contributed by atoms with Crippen molar-refractivity contribution in [3.05, 3.63) is 29.8 Å². The van der Waals surface area contributed by atoms with Gasteiger partial charge in [-0.1, -0.05) is 17.3 Å². The number of urea groups is 1. The lowest BCUT2D eigenvalue weighted by Gasteiger charge is -2.31. The van der Waals surface area contributed by atoms with Gasteiger partial charge in [0, 0.05) is 31.4 Å². The topological polar surface area (TPSA) is 91.4 Å². The van der Waals surface area contributed by atoms with E-state index in [-0.39, 0.29) is 11.9 Å². The predicted molar refractivity (Wildman–Crippen MR) is 75.1 cm³/mol. The second kappa shape index (κ2) is 6.25. The van der Waals surface area contributed by atoms with E-state index in [2.05, 4.69) is 5.16 Å². The first kappa shape index (κ1) is 14.1. The fourth-order valence-electron chi connectivity index (χ4n) is 2.01. The number of nitrogens with zero attached hydrogens (tertiary/aromatic N) is 3. The van der Waals surface area contributed by atoms with Gasteiger partial charge in [-0.25, -0.2) is 4.79 Å². The van der Waals surface area contributed by atoms with Crippen molar-refractivity contribution in [2.45, 2.75) is 0 Å². The summed E-state index contributed by atoms with van der Waals surface area (Å²) in [5.41, 5.74) is 6.80. The molecule has 1 aliphatic rings. The average Bonchev–Trinajstić information content (AvgIpc) is 2.53. The predicted octanol–water partition coefficient (Wildman–Crippen LogP) is 0.669. The summed E-state index contributed by atoms with van der Waals surface area (Å²) in [4.78, 5) is 15.6. The van der Waals surface area contributed by atoms with Gasteiger partial charge in [0.2, 0.25) is 0 Å². The van der Waals surface area contributed by atoms with Crippen LogP contribution in [0.1, 0.15) is 5.56 Å². The Morgan fingerprint density at radius 2 is 2.15 bits per heavy atom. The number of ether oxygens (including phenoxy) is 1. The molecule has 108 valence electrons. The summed E-state index contributed by atoms with van der Waals surface area (Å²) in [6.07, 6.45) is 0. The summed E-state index contributed by atoms with van der Waals surface area (Å²) in [7, 11) is 1.70. The maximum absolute atomic E-state index is 12.3. The number of carbonyl (C=O) groups is 1. The van der Waals surface area contributed by atoms with Gasteiger partial charge in [-0.3, -0.25) is 4.90 Å². The van der Waals surface area contributed by atoms with E-state index in [4.69, 9.17) is 15.7 Å². The number of amides is 2. The summed E-state index contributed by atoms with van der Waals surface area (Å²) in [6, 6.07) is 6.88. The molecule has 3 N–H and O–H groups in total. The molecule has 0 aromatic heterocycles. The molecule has 2 amide bonds. The van der Waals surface area contributed by atoms with Crippen LogP contribution in [0.5, 0.6) is 0 Å². The first-order chi connectivity index (χ1) is 9.63. The largest absolute Gasteiger partial charge is 0.409 e. The van der Waals surface area contributed by atoms with Gasteiger partial charge in [0.1, 0.15) is 0 Å². The zero-order chi connectivity index (χ0) is 14.5. The normalized spacial score (nSPS) is 16.1. The molecule has 0 bridgehead atoms. The molecule has 0 atom stereocenters. The summed E-state index contributed by atoms with van der Waals surface area (Å²) in [5.74, 6) is 0.0130. The van der Waals surface area contributed by atoms with Crippen LogP contribution in [0.2, 0.25) is 0 Å². The smallest absolute Gasteiger partial charge is 0.324 e. The Bertz CT molecular complexity index is 512. The van der Waals surface area contributed by atoms with Crippen LogP contribution in [-0.2, 0) is 4.74 Å². The lowest BCUT2D eigenvalue weighted by atomic mass is 10.2. The first-order valence-corrected chi connectivity index (χ1v) is 6.32. The average molecular weight is 278 g/mol. The molecule has 1 aliphatic heterocycles. The van der Waals surface area contributed by atoms with Crippen LogP contribution < -0.4 is 10.6 Å². The van der Waals surface area contributed by atoms with E-state index < -0.39 is 0 Å². The molecule has 0 saturated carbocycles. The number of hydrogen-bond acceptors (Lipinski definition) is 4. The molecule has 0 unspecified atom stereocenters. The molecular formula is C13H18N4O3. The minimum absolute atomic E-state index is 0.0130. The van der Waals surface area contributed by atoms with Crippen molar-refractivity contribution in [1.82, 2.24) is 4.90 Å². The number of oxime groups is 1. The van der Waals surface area contributed by atoms with Gasteiger partial charge in [0.05, 0.1) is 13.2 Å². The number of anilines is 1. The molecule has 7 heteroatoms. The fraction of sp³-hybridized carbons (Fsp3) is 0.385. The number of amidine groups is 1. The highest BCUT2D eigenvalue weighted by Gasteiger charge is 2.21. The third-order valence-electron chi connectivity index (χ3n) is 3.21. The van der Waals surface area contributed by atoms with Gasteiger partial charge in [0.15, 0.2) is 5.84 Å². The Morgan fingerprint density at radius 3 is 2.80 bits per heavy atom. The SMILES string of the molecule is CN(C(=O)N1CCOCC1)c1cccc(C(N)=NO)c1. The monoisotopic (exact) mass is 278 g/mol. The van der Waals surface area contributed by atoms with Crippen molar-refractivity contribution in [3.8, 4) is 0 Å². The Balaban J connectivity index is 2.15. The number of rotatable bonds is 2. The quantitative estimate of drug-likeness (QED) is 0.360. The van der Waals surface area contributed by atoms with Crippen LogP contribution in [0.15, 0.2) is 29.4 Å². The van der Waals surface area contributed by atoms with Crippen molar-refractivity contribution < 1.29 is 14.7 Å². The van der Waals surface area contributed by atoms with E-state index in [0.717, 1.165) is 0 Å². The first-order valence-electron chi connectivity index (χ1n) is 6.32. The highest BCUT2D eigenvalue weighted by molar-refractivity contribution is 5.99. The van der Waals surface area contributed by atoms with Crippen LogP contribution in [0.4, 0.5) is 10.5 Å². The van der Waals surface area contributed by atoms with Gasteiger partial charge in [-0.2, -0.15) is 0 Å². The Labute approximate surface area is 117 Å². The van der Waals surface area contributed by atoms with E-state index in [1.807, 2.05) is 0 Å². The molecule has 7 nitrogen and oxygen atoms in total. The number of morpholine rings is 1. The fourth-order valence-corrected chi connectivity index (χ4v) is 2.01. The molecule has 1 aromatic rings. The van der Waals surface area contributed by atoms with Gasteiger partial charge >= 0.3 is 6.03 Å². The van der Waals surface area contributed by atoms with Crippen molar-refractivity contribution in [3.63, 3.8) is 0 Å². The van der Waals surface area contributed by atoms with Gasteiger partial charge < -0.3 is 20.6 Å². The summed E-state index contributed by atoms with van der Waals surface area (Å²) >= 11 is 0. The number of benzene rings is 1. The van der Waals surface area contributed by atoms with Crippen LogP contribution in [0.25, 0.3) is 0 Å². The Hall–Kier alpha value is -2.28. The Kier molecular flexibility index (Phi) is 4.41. The molecule has 1 saturated heterocycles. The number of carbonyl (C=O) groups excluding carboxylic acids is 1. The van der Waals surface area contributed by atoms with E-state index in [0.29, 0.717) is 37.6 Å². The van der Waals surface area contributed by atoms with Crippen LogP contribution in [0, 0.1) is 0 Å². The third-order valence-corrected chi connectivity index (χ3v) is 3.21. The Morgan fingerprint density at radius 1 is 1.45 bits per heavy atom. The van der Waals surface area contributed by atoms with Crippen LogP contribution in [0.3, 0.4) is 0 Å². The van der Waals surface area contributed by atoms with Crippen molar-refractivity contribution >= 4 is 17.6 Å². The molecule has 1 heterocycles. The maximum atomic E-state index is 12.3. The van der Waals surface area contributed by atoms with Gasteiger partial charge in [0.25, 0.3) is 0 Å². The van der Waals surface area contributed by atoms with E-state index in [1.54, 1.807) is 41.1 Å². The maximum Gasteiger partial charge on any atom is 0.324 e. The zero-order valence-electron chi connectivity index (χ0n) is 11.3. The number of hydrogen-bond donors (Lipinski definition) is 2. The minimum Gasteiger partial charge on any atom is -0.409 e. The van der Waals surface area contributed by atoms with Gasteiger partial charge in [-0.15, -0.1) is 0 Å². The molecule has 2 rings (SSSR count). The molecule has 20 heavy (non-hydrogen) atoms. The molecule has 1 aromatic carbocycles. The molecular weight excluding hydrogens is 260 g/mol. The highest BCUT2D eigenvalue weighted by atomic mass is 16.5. The standard InChI is InChI=1S/C13H18N4O3/c1-16(13(18)17-5-7-20-8-6-17)11-4-2-3-10(9-11)12(14)15-19/h2-4,9,19H,5-8H2,1H3,(H2,14,15). The lowest BCUT2D eigenvalue weighted by Crippen LogP contribution is -2.47. The van der Waals surface area contributed by atoms with Crippen molar-refractivity contribution in [2.24, 2.45) is 10.9 Å². The molecule has 0 radical (unpaired) electrons. The highest BCUT2D eigenvalue weighted by Crippen LogP contribution is 2.17. The van der Waals surface area contributed by atoms with Crippen molar-refractivity contribution in [1.29, 1.82) is 0 Å². The van der Waals surface area contributed by atoms with Gasteiger partial charge in [-0.05, 0) is 12.1 Å². The van der Waals surface area contributed by atoms with Crippen LogP contribution in [-0.4, -0.2) is 55.3 Å². The third kappa shape index (κ3) is 3.00. The van der Waals surface area contributed by atoms with Crippen LogP contribution >= 0.6 is 0 Å². The van der Waals surface area contributed by atoms with E-state index in [1.165, 1.54) is 0 Å². The minimum atomic E-state index is -0.0926. The number of nitrogens with two attached hydrogens (primary N) is 1. The van der Waals surface area contributed by atoms with Crippen molar-refractivity contribution in [2.75, 3.05) is 38.3 Å². The molecule has 0 spiro atoms. The summed E-state index contributed by atoms with van der Waals surface area (Å²) < 4.78 is 5.23. The van der Waals surface area contributed by atoms with E-state index >= 15 is 0 Å². The lowest BCUT2D eigenvalue weighted by molar-refractivity contribution is 0.0551. The zero-order valence-corrected chi connectivity index (χ0v) is 11.3. The molecule has 0 aliphatic carbocycles.